The molecule has 0 radical (unpaired) electrons. The molecule has 0 saturated carbocycles. The van der Waals surface area contributed by atoms with E-state index in [2.05, 4.69) is 52.9 Å². The number of aryl methyl sites for hydroxylation is 1. The Morgan fingerprint density at radius 2 is 1.65 bits per heavy atom. The summed E-state index contributed by atoms with van der Waals surface area (Å²) < 4.78 is 0. The molecule has 1 aromatic rings. The zero-order chi connectivity index (χ0) is 21.6. The Kier molecular flexibility index (Phi) is 8.24. The van der Waals surface area contributed by atoms with E-state index in [0.717, 1.165) is 31.3 Å². The second-order valence-corrected chi connectivity index (χ2v) is 10.5. The molecule has 174 valence electrons. The van der Waals surface area contributed by atoms with E-state index >= 15 is 0 Å². The first-order valence-corrected chi connectivity index (χ1v) is 13.0. The van der Waals surface area contributed by atoms with Crippen LogP contribution in [0.5, 0.6) is 0 Å². The topological polar surface area (TPSA) is 34.6 Å². The van der Waals surface area contributed by atoms with Crippen LogP contribution < -0.4 is 10.2 Å². The fourth-order valence-electron chi connectivity index (χ4n) is 6.06. The Morgan fingerprint density at radius 3 is 2.32 bits per heavy atom. The Bertz CT molecular complexity index is 654. The Hall–Kier alpha value is -1.17. The van der Waals surface area contributed by atoms with Crippen molar-refractivity contribution >= 4 is 5.82 Å². The average molecular weight is 428 g/mol. The van der Waals surface area contributed by atoms with Gasteiger partial charge in [0, 0.05) is 44.5 Å². The summed E-state index contributed by atoms with van der Waals surface area (Å²) in [6.07, 6.45) is 9.85. The van der Waals surface area contributed by atoms with E-state index in [1.54, 1.807) is 0 Å². The van der Waals surface area contributed by atoms with Crippen LogP contribution in [-0.4, -0.2) is 79.2 Å². The van der Waals surface area contributed by atoms with Gasteiger partial charge in [-0.2, -0.15) is 0 Å². The van der Waals surface area contributed by atoms with Crippen molar-refractivity contribution in [2.75, 3.05) is 57.3 Å². The lowest BCUT2D eigenvalue weighted by atomic mass is 9.92. The van der Waals surface area contributed by atoms with Gasteiger partial charge in [0.1, 0.15) is 5.82 Å². The van der Waals surface area contributed by atoms with Crippen molar-refractivity contribution in [1.29, 1.82) is 0 Å². The van der Waals surface area contributed by atoms with Crippen molar-refractivity contribution in [1.82, 2.24) is 20.1 Å². The lowest BCUT2D eigenvalue weighted by Gasteiger charge is -2.47. The Balaban J connectivity index is 1.25. The number of hydrogen-bond acceptors (Lipinski definition) is 5. The SMILES string of the molecule is CCCc1ccnc(N2C[C@@H](C)N(CC3CCN(CC4CCNCC4)CC3)[C@@H](C)C2)c1. The largest absolute Gasteiger partial charge is 0.353 e. The van der Waals surface area contributed by atoms with Gasteiger partial charge in [-0.1, -0.05) is 13.3 Å². The number of hydrogen-bond donors (Lipinski definition) is 1. The van der Waals surface area contributed by atoms with Crippen molar-refractivity contribution in [3.63, 3.8) is 0 Å². The maximum Gasteiger partial charge on any atom is 0.128 e. The Labute approximate surface area is 190 Å². The summed E-state index contributed by atoms with van der Waals surface area (Å²) in [5, 5.41) is 3.50. The summed E-state index contributed by atoms with van der Waals surface area (Å²) in [5.41, 5.74) is 1.42. The fraction of sp³-hybridized carbons (Fsp3) is 0.808. The van der Waals surface area contributed by atoms with Crippen LogP contribution in [0.25, 0.3) is 0 Å². The van der Waals surface area contributed by atoms with E-state index < -0.39 is 0 Å². The monoisotopic (exact) mass is 427 g/mol. The molecule has 5 heteroatoms. The molecule has 2 atom stereocenters. The van der Waals surface area contributed by atoms with Crippen molar-refractivity contribution < 1.29 is 0 Å². The van der Waals surface area contributed by atoms with E-state index in [0.29, 0.717) is 12.1 Å². The fourth-order valence-corrected chi connectivity index (χ4v) is 6.06. The second kappa shape index (κ2) is 11.1. The summed E-state index contributed by atoms with van der Waals surface area (Å²) >= 11 is 0. The third-order valence-electron chi connectivity index (χ3n) is 7.93. The number of piperidine rings is 2. The smallest absolute Gasteiger partial charge is 0.128 e. The summed E-state index contributed by atoms with van der Waals surface area (Å²) in [5.74, 6) is 2.97. The van der Waals surface area contributed by atoms with Crippen LogP contribution in [0, 0.1) is 11.8 Å². The number of piperazine rings is 1. The van der Waals surface area contributed by atoms with E-state index in [1.807, 2.05) is 6.20 Å². The molecule has 1 N–H and O–H groups in total. The number of rotatable bonds is 7. The maximum atomic E-state index is 4.71. The molecular formula is C26H45N5. The molecule has 3 saturated heterocycles. The normalized spacial score (nSPS) is 27.6. The first-order valence-electron chi connectivity index (χ1n) is 13.0. The molecule has 4 heterocycles. The van der Waals surface area contributed by atoms with Gasteiger partial charge in [-0.05, 0) is 102 Å². The molecule has 3 aliphatic heterocycles. The van der Waals surface area contributed by atoms with Gasteiger partial charge in [0.2, 0.25) is 0 Å². The molecular weight excluding hydrogens is 382 g/mol. The first kappa shape index (κ1) is 23.0. The standard InChI is InChI=1S/C26H45N5/c1-4-5-23-8-13-28-26(16-23)30-17-21(2)31(22(3)18-30)20-25-9-14-29(15-10-25)19-24-6-11-27-12-7-24/h8,13,16,21-22,24-25,27H,4-7,9-12,14-15,17-20H2,1-3H3/t21-,22+. The van der Waals surface area contributed by atoms with Gasteiger partial charge < -0.3 is 15.1 Å². The molecule has 3 aliphatic rings. The van der Waals surface area contributed by atoms with Crippen molar-refractivity contribution in [3.8, 4) is 0 Å². The van der Waals surface area contributed by atoms with Crippen LogP contribution in [0.2, 0.25) is 0 Å². The molecule has 0 amide bonds. The van der Waals surface area contributed by atoms with Gasteiger partial charge in [0.15, 0.2) is 0 Å². The van der Waals surface area contributed by atoms with Crippen LogP contribution >= 0.6 is 0 Å². The summed E-state index contributed by atoms with van der Waals surface area (Å²) in [6.45, 7) is 17.0. The molecule has 0 unspecified atom stereocenters. The molecule has 0 bridgehead atoms. The van der Waals surface area contributed by atoms with Crippen molar-refractivity contribution in [2.45, 2.75) is 71.4 Å². The number of anilines is 1. The quantitative estimate of drug-likeness (QED) is 0.719. The van der Waals surface area contributed by atoms with Gasteiger partial charge in [0.25, 0.3) is 0 Å². The summed E-state index contributed by atoms with van der Waals surface area (Å²) in [4.78, 5) is 12.8. The third kappa shape index (κ3) is 6.21. The van der Waals surface area contributed by atoms with E-state index in [9.17, 15) is 0 Å². The summed E-state index contributed by atoms with van der Waals surface area (Å²) in [7, 11) is 0. The van der Waals surface area contributed by atoms with Crippen LogP contribution in [0.4, 0.5) is 5.82 Å². The van der Waals surface area contributed by atoms with Crippen LogP contribution in [0.3, 0.4) is 0 Å². The minimum atomic E-state index is 0.591. The van der Waals surface area contributed by atoms with Gasteiger partial charge in [-0.15, -0.1) is 0 Å². The minimum Gasteiger partial charge on any atom is -0.353 e. The zero-order valence-corrected chi connectivity index (χ0v) is 20.2. The highest BCUT2D eigenvalue weighted by atomic mass is 15.3. The molecule has 0 spiro atoms. The molecule has 1 aromatic heterocycles. The van der Waals surface area contributed by atoms with Crippen molar-refractivity contribution in [3.05, 3.63) is 23.9 Å². The molecule has 0 aromatic carbocycles. The van der Waals surface area contributed by atoms with E-state index in [4.69, 9.17) is 4.98 Å². The predicted octanol–water partition coefficient (Wildman–Crippen LogP) is 3.64. The highest BCUT2D eigenvalue weighted by Gasteiger charge is 2.32. The van der Waals surface area contributed by atoms with Gasteiger partial charge in [-0.3, -0.25) is 4.90 Å². The van der Waals surface area contributed by atoms with Crippen LogP contribution in [0.15, 0.2) is 18.3 Å². The molecule has 0 aliphatic carbocycles. The highest BCUT2D eigenvalue weighted by Crippen LogP contribution is 2.27. The van der Waals surface area contributed by atoms with Gasteiger partial charge in [-0.25, -0.2) is 4.98 Å². The lowest BCUT2D eigenvalue weighted by Crippen LogP contribution is -2.58. The first-order chi connectivity index (χ1) is 15.1. The van der Waals surface area contributed by atoms with Crippen molar-refractivity contribution in [2.24, 2.45) is 11.8 Å². The van der Waals surface area contributed by atoms with Gasteiger partial charge in [0.05, 0.1) is 0 Å². The van der Waals surface area contributed by atoms with Gasteiger partial charge >= 0.3 is 0 Å². The Morgan fingerprint density at radius 1 is 0.968 bits per heavy atom. The van der Waals surface area contributed by atoms with E-state index in [1.165, 1.54) is 82.8 Å². The minimum absolute atomic E-state index is 0.591. The predicted molar refractivity (Wildman–Crippen MR) is 131 cm³/mol. The molecule has 5 nitrogen and oxygen atoms in total. The molecule has 4 rings (SSSR count). The number of aromatic nitrogens is 1. The third-order valence-corrected chi connectivity index (χ3v) is 7.93. The number of nitrogens with zero attached hydrogens (tertiary/aromatic N) is 4. The summed E-state index contributed by atoms with van der Waals surface area (Å²) in [6, 6.07) is 5.67. The van der Waals surface area contributed by atoms with E-state index in [-0.39, 0.29) is 0 Å². The second-order valence-electron chi connectivity index (χ2n) is 10.5. The highest BCUT2D eigenvalue weighted by molar-refractivity contribution is 5.42. The average Bonchev–Trinajstić information content (AvgIpc) is 2.78. The number of pyridine rings is 1. The maximum absolute atomic E-state index is 4.71. The number of nitrogens with one attached hydrogen (secondary N) is 1. The lowest BCUT2D eigenvalue weighted by molar-refractivity contribution is 0.0764. The number of likely N-dealkylation sites (tertiary alicyclic amines) is 1. The molecule has 31 heavy (non-hydrogen) atoms. The molecule has 3 fully saturated rings. The van der Waals surface area contributed by atoms with Crippen LogP contribution in [0.1, 0.15) is 58.4 Å². The van der Waals surface area contributed by atoms with Crippen LogP contribution in [-0.2, 0) is 6.42 Å². The zero-order valence-electron chi connectivity index (χ0n) is 20.2.